The molecule has 0 saturated carbocycles. The number of rotatable bonds is 6. The lowest BCUT2D eigenvalue weighted by atomic mass is 10.2. The van der Waals surface area contributed by atoms with Crippen molar-refractivity contribution >= 4 is 48.9 Å². The van der Waals surface area contributed by atoms with Crippen LogP contribution >= 0.6 is 38.9 Å². The molecule has 10 heteroatoms. The molecular weight excluding hydrogens is 450 g/mol. The molecule has 0 amide bonds. The van der Waals surface area contributed by atoms with E-state index in [0.717, 1.165) is 18.0 Å². The first-order valence-electron chi connectivity index (χ1n) is 7.63. The SMILES string of the molecule is O=S(=O)(NCC(c1cccs1)N1CCOCC1)c1cc(Br)cnc1Cl. The summed E-state index contributed by atoms with van der Waals surface area (Å²) in [4.78, 5) is 7.20. The second-order valence-electron chi connectivity index (χ2n) is 5.47. The van der Waals surface area contributed by atoms with E-state index in [9.17, 15) is 8.42 Å². The Kier molecular flexibility index (Phi) is 6.48. The van der Waals surface area contributed by atoms with Crippen molar-refractivity contribution in [3.05, 3.63) is 44.3 Å². The minimum absolute atomic E-state index is 0.0320. The summed E-state index contributed by atoms with van der Waals surface area (Å²) in [6.07, 6.45) is 1.46. The number of nitrogens with zero attached hydrogens (tertiary/aromatic N) is 2. The lowest BCUT2D eigenvalue weighted by molar-refractivity contribution is 0.0179. The molecule has 6 nitrogen and oxygen atoms in total. The van der Waals surface area contributed by atoms with Gasteiger partial charge in [0.2, 0.25) is 10.0 Å². The molecule has 1 unspecified atom stereocenters. The van der Waals surface area contributed by atoms with Crippen LogP contribution in [0.1, 0.15) is 10.9 Å². The first-order chi connectivity index (χ1) is 12.0. The Bertz CT molecular complexity index is 811. The van der Waals surface area contributed by atoms with Gasteiger partial charge in [0.1, 0.15) is 10.0 Å². The van der Waals surface area contributed by atoms with Crippen molar-refractivity contribution in [1.29, 1.82) is 0 Å². The molecule has 0 aromatic carbocycles. The van der Waals surface area contributed by atoms with E-state index in [-0.39, 0.29) is 22.6 Å². The molecule has 1 aliphatic rings. The Balaban J connectivity index is 1.79. The number of thiophene rings is 1. The van der Waals surface area contributed by atoms with Crippen molar-refractivity contribution in [1.82, 2.24) is 14.6 Å². The lowest BCUT2D eigenvalue weighted by Crippen LogP contribution is -2.43. The Morgan fingerprint density at radius 1 is 1.44 bits per heavy atom. The second kappa shape index (κ2) is 8.43. The van der Waals surface area contributed by atoms with E-state index < -0.39 is 10.0 Å². The van der Waals surface area contributed by atoms with Crippen molar-refractivity contribution < 1.29 is 13.2 Å². The summed E-state index contributed by atoms with van der Waals surface area (Å²) in [5.41, 5.74) is 0. The molecular formula is C15H17BrClN3O3S2. The van der Waals surface area contributed by atoms with Gasteiger partial charge in [-0.15, -0.1) is 11.3 Å². The summed E-state index contributed by atoms with van der Waals surface area (Å²) in [7, 11) is -3.77. The number of morpholine rings is 1. The van der Waals surface area contributed by atoms with Crippen molar-refractivity contribution in [2.45, 2.75) is 10.9 Å². The Morgan fingerprint density at radius 2 is 2.20 bits per heavy atom. The van der Waals surface area contributed by atoms with E-state index in [1.807, 2.05) is 17.5 Å². The molecule has 3 rings (SSSR count). The van der Waals surface area contributed by atoms with Gasteiger partial charge in [-0.25, -0.2) is 18.1 Å². The normalized spacial score (nSPS) is 17.5. The molecule has 1 atom stereocenters. The predicted octanol–water partition coefficient (Wildman–Crippen LogP) is 2.91. The third-order valence-corrected chi connectivity index (χ3v) is 7.15. The molecule has 1 saturated heterocycles. The van der Waals surface area contributed by atoms with Gasteiger partial charge in [-0.3, -0.25) is 4.90 Å². The summed E-state index contributed by atoms with van der Waals surface area (Å²) in [5.74, 6) is 0. The van der Waals surface area contributed by atoms with Crippen LogP contribution in [0.5, 0.6) is 0 Å². The maximum atomic E-state index is 12.7. The highest BCUT2D eigenvalue weighted by Gasteiger charge is 2.27. The van der Waals surface area contributed by atoms with E-state index in [4.69, 9.17) is 16.3 Å². The van der Waals surface area contributed by atoms with Crippen LogP contribution in [0.2, 0.25) is 5.15 Å². The average Bonchev–Trinajstić information content (AvgIpc) is 3.12. The van der Waals surface area contributed by atoms with Crippen LogP contribution in [-0.4, -0.2) is 51.1 Å². The van der Waals surface area contributed by atoms with Crippen molar-refractivity contribution in [2.24, 2.45) is 0 Å². The highest BCUT2D eigenvalue weighted by molar-refractivity contribution is 9.10. The molecule has 0 bridgehead atoms. The summed E-state index contributed by atoms with van der Waals surface area (Å²) in [5, 5.41) is 1.95. The molecule has 136 valence electrons. The predicted molar refractivity (Wildman–Crippen MR) is 102 cm³/mol. The van der Waals surface area contributed by atoms with Gasteiger partial charge in [0.05, 0.1) is 19.3 Å². The Hall–Kier alpha value is -0.550. The van der Waals surface area contributed by atoms with Crippen LogP contribution in [-0.2, 0) is 14.8 Å². The number of sulfonamides is 1. The quantitative estimate of drug-likeness (QED) is 0.663. The van der Waals surface area contributed by atoms with Gasteiger partial charge in [0.25, 0.3) is 0 Å². The van der Waals surface area contributed by atoms with E-state index >= 15 is 0 Å². The first-order valence-corrected chi connectivity index (χ1v) is 11.2. The van der Waals surface area contributed by atoms with Crippen molar-refractivity contribution in [3.8, 4) is 0 Å². The van der Waals surface area contributed by atoms with Gasteiger partial charge in [0.15, 0.2) is 0 Å². The summed E-state index contributed by atoms with van der Waals surface area (Å²) in [6, 6.07) is 5.40. The van der Waals surface area contributed by atoms with Crippen LogP contribution in [0.3, 0.4) is 0 Å². The molecule has 25 heavy (non-hydrogen) atoms. The minimum Gasteiger partial charge on any atom is -0.379 e. The third kappa shape index (κ3) is 4.79. The molecule has 2 aromatic rings. The smallest absolute Gasteiger partial charge is 0.243 e. The molecule has 1 N–H and O–H groups in total. The number of aromatic nitrogens is 1. The molecule has 3 heterocycles. The molecule has 0 radical (unpaired) electrons. The number of halogens is 2. The fourth-order valence-electron chi connectivity index (χ4n) is 2.64. The van der Waals surface area contributed by atoms with Crippen molar-refractivity contribution in [2.75, 3.05) is 32.8 Å². The Labute approximate surface area is 164 Å². The lowest BCUT2D eigenvalue weighted by Gasteiger charge is -2.34. The van der Waals surface area contributed by atoms with Gasteiger partial charge in [-0.2, -0.15) is 0 Å². The average molecular weight is 467 g/mol. The third-order valence-electron chi connectivity index (χ3n) is 3.89. The topological polar surface area (TPSA) is 71.5 Å². The van der Waals surface area contributed by atoms with Crippen LogP contribution in [0.15, 0.2) is 39.1 Å². The van der Waals surface area contributed by atoms with Crippen molar-refractivity contribution in [3.63, 3.8) is 0 Å². The summed E-state index contributed by atoms with van der Waals surface area (Å²) < 4.78 is 34.0. The molecule has 0 spiro atoms. The zero-order chi connectivity index (χ0) is 17.9. The van der Waals surface area contributed by atoms with Gasteiger partial charge in [-0.05, 0) is 33.4 Å². The molecule has 0 aliphatic carbocycles. The van der Waals surface area contributed by atoms with Gasteiger partial charge in [0, 0.05) is 35.2 Å². The van der Waals surface area contributed by atoms with E-state index in [0.29, 0.717) is 17.7 Å². The van der Waals surface area contributed by atoms with Gasteiger partial charge >= 0.3 is 0 Å². The summed E-state index contributed by atoms with van der Waals surface area (Å²) in [6.45, 7) is 3.09. The van der Waals surface area contributed by atoms with Gasteiger partial charge < -0.3 is 4.74 Å². The molecule has 1 fully saturated rings. The highest BCUT2D eigenvalue weighted by atomic mass is 79.9. The fraction of sp³-hybridized carbons (Fsp3) is 0.400. The van der Waals surface area contributed by atoms with Crippen LogP contribution in [0.4, 0.5) is 0 Å². The first kappa shape index (κ1) is 19.2. The Morgan fingerprint density at radius 3 is 2.88 bits per heavy atom. The molecule has 1 aliphatic heterocycles. The number of ether oxygens (including phenoxy) is 1. The second-order valence-corrected chi connectivity index (χ2v) is 9.46. The number of hydrogen-bond donors (Lipinski definition) is 1. The van der Waals surface area contributed by atoms with E-state index in [1.54, 1.807) is 11.3 Å². The van der Waals surface area contributed by atoms with Crippen LogP contribution < -0.4 is 4.72 Å². The van der Waals surface area contributed by atoms with Crippen LogP contribution in [0.25, 0.3) is 0 Å². The van der Waals surface area contributed by atoms with E-state index in [2.05, 4.69) is 30.5 Å². The zero-order valence-corrected chi connectivity index (χ0v) is 17.2. The number of hydrogen-bond acceptors (Lipinski definition) is 6. The summed E-state index contributed by atoms with van der Waals surface area (Å²) >= 11 is 10.8. The monoisotopic (exact) mass is 465 g/mol. The van der Waals surface area contributed by atoms with E-state index in [1.165, 1.54) is 12.3 Å². The van der Waals surface area contributed by atoms with Crippen LogP contribution in [0, 0.1) is 0 Å². The standard InChI is InChI=1S/C15H17BrClN3O3S2/c16-11-8-14(15(17)18-9-11)25(21,22)19-10-12(13-2-1-7-24-13)20-3-5-23-6-4-20/h1-2,7-9,12,19H,3-6,10H2. The van der Waals surface area contributed by atoms with Gasteiger partial charge in [-0.1, -0.05) is 17.7 Å². The highest BCUT2D eigenvalue weighted by Crippen LogP contribution is 2.27. The fourth-order valence-corrected chi connectivity index (χ4v) is 5.48. The zero-order valence-electron chi connectivity index (χ0n) is 13.2. The maximum absolute atomic E-state index is 12.7. The number of pyridine rings is 1. The molecule has 2 aromatic heterocycles. The minimum atomic E-state index is -3.77. The number of nitrogens with one attached hydrogen (secondary N) is 1. The maximum Gasteiger partial charge on any atom is 0.243 e. The largest absolute Gasteiger partial charge is 0.379 e.